The smallest absolute Gasteiger partial charge is 0.137 e. The van der Waals surface area contributed by atoms with Gasteiger partial charge in [0.05, 0.1) is 11.4 Å². The Morgan fingerprint density at radius 3 is 2.45 bits per heavy atom. The van der Waals surface area contributed by atoms with Crippen molar-refractivity contribution in [2.45, 2.75) is 6.92 Å². The van der Waals surface area contributed by atoms with Gasteiger partial charge in [0.25, 0.3) is 0 Å². The third kappa shape index (κ3) is 2.27. The molecule has 0 saturated heterocycles. The minimum Gasteiger partial charge on any atom is -0.306 e. The van der Waals surface area contributed by atoms with E-state index in [1.165, 1.54) is 5.56 Å². The molecular weight excluding hydrogens is 270 g/mol. The number of benzene rings is 1. The van der Waals surface area contributed by atoms with Crippen molar-refractivity contribution in [2.75, 3.05) is 0 Å². The second-order valence-corrected chi connectivity index (χ2v) is 5.39. The Morgan fingerprint density at radius 2 is 1.68 bits per heavy atom. The van der Waals surface area contributed by atoms with Crippen LogP contribution < -0.4 is 0 Å². The van der Waals surface area contributed by atoms with Crippen LogP contribution >= 0.6 is 0 Å². The van der Waals surface area contributed by atoms with Gasteiger partial charge in [-0.05, 0) is 55.0 Å². The van der Waals surface area contributed by atoms with E-state index in [2.05, 4.69) is 36.3 Å². The molecule has 1 aromatic carbocycles. The topological polar surface area (TPSA) is 30.2 Å². The summed E-state index contributed by atoms with van der Waals surface area (Å²) in [6.45, 7) is 2.10. The lowest BCUT2D eigenvalue weighted by Gasteiger charge is -2.05. The zero-order valence-electron chi connectivity index (χ0n) is 12.3. The molecule has 3 nitrogen and oxygen atoms in total. The van der Waals surface area contributed by atoms with Crippen LogP contribution in [-0.2, 0) is 0 Å². The van der Waals surface area contributed by atoms with Gasteiger partial charge in [-0.2, -0.15) is 0 Å². The van der Waals surface area contributed by atoms with Crippen molar-refractivity contribution in [1.29, 1.82) is 0 Å². The van der Waals surface area contributed by atoms with Gasteiger partial charge in [0, 0.05) is 29.7 Å². The van der Waals surface area contributed by atoms with E-state index >= 15 is 0 Å². The predicted molar refractivity (Wildman–Crippen MR) is 88.6 cm³/mol. The van der Waals surface area contributed by atoms with Crippen molar-refractivity contribution < 1.29 is 0 Å². The summed E-state index contributed by atoms with van der Waals surface area (Å²) in [5.74, 6) is 0. The van der Waals surface area contributed by atoms with Gasteiger partial charge in [-0.1, -0.05) is 12.1 Å². The van der Waals surface area contributed by atoms with Crippen LogP contribution in [0.5, 0.6) is 0 Å². The second kappa shape index (κ2) is 5.11. The minimum atomic E-state index is 0.957. The molecule has 3 aromatic heterocycles. The van der Waals surface area contributed by atoms with E-state index < -0.39 is 0 Å². The van der Waals surface area contributed by atoms with Gasteiger partial charge in [0.2, 0.25) is 0 Å². The average Bonchev–Trinajstić information content (AvgIpc) is 2.99. The summed E-state index contributed by atoms with van der Waals surface area (Å²) >= 11 is 0. The van der Waals surface area contributed by atoms with Gasteiger partial charge in [-0.25, -0.2) is 4.98 Å². The molecule has 0 aliphatic heterocycles. The average molecular weight is 285 g/mol. The Morgan fingerprint density at radius 1 is 0.864 bits per heavy atom. The van der Waals surface area contributed by atoms with E-state index in [4.69, 9.17) is 4.98 Å². The number of rotatable bonds is 2. The zero-order chi connectivity index (χ0) is 14.9. The summed E-state index contributed by atoms with van der Waals surface area (Å²) in [6.07, 6.45) is 5.90. The van der Waals surface area contributed by atoms with Crippen molar-refractivity contribution in [3.63, 3.8) is 0 Å². The van der Waals surface area contributed by atoms with Crippen molar-refractivity contribution >= 4 is 5.65 Å². The molecule has 0 unspecified atom stereocenters. The molecule has 4 aromatic rings. The molecule has 0 bridgehead atoms. The molecule has 0 amide bonds. The summed E-state index contributed by atoms with van der Waals surface area (Å²) in [6, 6.07) is 18.5. The van der Waals surface area contributed by atoms with Crippen LogP contribution in [-0.4, -0.2) is 14.4 Å². The first-order valence-electron chi connectivity index (χ1n) is 7.27. The predicted octanol–water partition coefficient (Wildman–Crippen LogP) is 4.37. The number of aromatic nitrogens is 3. The lowest BCUT2D eigenvalue weighted by atomic mass is 10.0. The van der Waals surface area contributed by atoms with Crippen molar-refractivity contribution in [2.24, 2.45) is 0 Å². The Kier molecular flexibility index (Phi) is 2.97. The maximum absolute atomic E-state index is 4.70. The van der Waals surface area contributed by atoms with Crippen LogP contribution in [0.2, 0.25) is 0 Å². The monoisotopic (exact) mass is 285 g/mol. The van der Waals surface area contributed by atoms with E-state index in [0.29, 0.717) is 0 Å². The quantitative estimate of drug-likeness (QED) is 0.547. The highest BCUT2D eigenvalue weighted by molar-refractivity contribution is 5.71. The van der Waals surface area contributed by atoms with Crippen LogP contribution in [0.4, 0.5) is 0 Å². The number of pyridine rings is 2. The van der Waals surface area contributed by atoms with E-state index in [1.54, 1.807) is 0 Å². The molecule has 0 fully saturated rings. The fourth-order valence-electron chi connectivity index (χ4n) is 2.69. The zero-order valence-corrected chi connectivity index (χ0v) is 12.3. The molecule has 0 N–H and O–H groups in total. The molecule has 4 rings (SSSR count). The highest BCUT2D eigenvalue weighted by atomic mass is 15.0. The fraction of sp³-hybridized carbons (Fsp3) is 0.0526. The first-order valence-corrected chi connectivity index (χ1v) is 7.27. The first kappa shape index (κ1) is 12.8. The Labute approximate surface area is 128 Å². The van der Waals surface area contributed by atoms with E-state index in [9.17, 15) is 0 Å². The number of nitrogens with zero attached hydrogens (tertiary/aromatic N) is 3. The summed E-state index contributed by atoms with van der Waals surface area (Å²) in [5, 5.41) is 0. The summed E-state index contributed by atoms with van der Waals surface area (Å²) < 4.78 is 2.04. The standard InChI is InChI=1S/C19H15N3/c1-14-10-15(17-6-2-4-8-20-17)12-16(11-14)18-13-22-9-5-3-7-19(22)21-18/h2-13H,1H3. The molecule has 0 spiro atoms. The second-order valence-electron chi connectivity index (χ2n) is 5.39. The van der Waals surface area contributed by atoms with Crippen molar-refractivity contribution in [3.05, 3.63) is 78.8 Å². The third-order valence-corrected chi connectivity index (χ3v) is 3.70. The molecule has 3 heteroatoms. The third-order valence-electron chi connectivity index (χ3n) is 3.70. The van der Waals surface area contributed by atoms with Gasteiger partial charge >= 0.3 is 0 Å². The Hall–Kier alpha value is -2.94. The SMILES string of the molecule is Cc1cc(-c2ccccn2)cc(-c2cn3ccccc3n2)c1. The molecule has 0 atom stereocenters. The first-order chi connectivity index (χ1) is 10.8. The molecule has 0 radical (unpaired) electrons. The van der Waals surface area contributed by atoms with Gasteiger partial charge in [-0.15, -0.1) is 0 Å². The minimum absolute atomic E-state index is 0.957. The normalized spacial score (nSPS) is 11.0. The van der Waals surface area contributed by atoms with E-state index in [0.717, 1.165) is 28.2 Å². The lowest BCUT2D eigenvalue weighted by molar-refractivity contribution is 1.19. The molecular formula is C19H15N3. The molecule has 3 heterocycles. The Balaban J connectivity index is 1.86. The highest BCUT2D eigenvalue weighted by Crippen LogP contribution is 2.26. The molecule has 22 heavy (non-hydrogen) atoms. The van der Waals surface area contributed by atoms with Crippen molar-refractivity contribution in [3.8, 4) is 22.5 Å². The van der Waals surface area contributed by atoms with Crippen LogP contribution in [0.1, 0.15) is 5.56 Å². The number of fused-ring (bicyclic) bond motifs is 1. The molecule has 0 saturated carbocycles. The number of hydrogen-bond donors (Lipinski definition) is 0. The van der Waals surface area contributed by atoms with Crippen molar-refractivity contribution in [1.82, 2.24) is 14.4 Å². The maximum Gasteiger partial charge on any atom is 0.137 e. The van der Waals surface area contributed by atoms with Crippen LogP contribution in [0, 0.1) is 6.92 Å². The number of aryl methyl sites for hydroxylation is 1. The van der Waals surface area contributed by atoms with Crippen LogP contribution in [0.3, 0.4) is 0 Å². The van der Waals surface area contributed by atoms with Gasteiger partial charge < -0.3 is 4.40 Å². The number of hydrogen-bond acceptors (Lipinski definition) is 2. The molecule has 106 valence electrons. The van der Waals surface area contributed by atoms with Crippen LogP contribution in [0.15, 0.2) is 73.2 Å². The van der Waals surface area contributed by atoms with Crippen LogP contribution in [0.25, 0.3) is 28.2 Å². The van der Waals surface area contributed by atoms with E-state index in [1.807, 2.05) is 53.2 Å². The largest absolute Gasteiger partial charge is 0.306 e. The summed E-state index contributed by atoms with van der Waals surface area (Å²) in [5.41, 5.74) is 6.36. The maximum atomic E-state index is 4.70. The molecule has 0 aliphatic carbocycles. The number of imidazole rings is 1. The van der Waals surface area contributed by atoms with Gasteiger partial charge in [-0.3, -0.25) is 4.98 Å². The summed E-state index contributed by atoms with van der Waals surface area (Å²) in [7, 11) is 0. The van der Waals surface area contributed by atoms with Gasteiger partial charge in [0.1, 0.15) is 5.65 Å². The van der Waals surface area contributed by atoms with Gasteiger partial charge in [0.15, 0.2) is 0 Å². The summed E-state index contributed by atoms with van der Waals surface area (Å²) in [4.78, 5) is 9.14. The Bertz CT molecular complexity index is 906. The lowest BCUT2D eigenvalue weighted by Crippen LogP contribution is -1.86. The molecule has 0 aliphatic rings. The fourth-order valence-corrected chi connectivity index (χ4v) is 2.69. The highest BCUT2D eigenvalue weighted by Gasteiger charge is 2.07. The van der Waals surface area contributed by atoms with E-state index in [-0.39, 0.29) is 0 Å².